The van der Waals surface area contributed by atoms with Crippen molar-refractivity contribution in [2.45, 2.75) is 0 Å². The zero-order chi connectivity index (χ0) is 14.5. The van der Waals surface area contributed by atoms with Gasteiger partial charge >= 0.3 is 0 Å². The third-order valence-electron chi connectivity index (χ3n) is 2.76. The van der Waals surface area contributed by atoms with Gasteiger partial charge < -0.3 is 9.84 Å². The van der Waals surface area contributed by atoms with Gasteiger partial charge in [0.15, 0.2) is 17.3 Å². The number of phenolic OH excluding ortho intramolecular Hbond substituents is 1. The topological polar surface area (TPSA) is 46.5 Å². The van der Waals surface area contributed by atoms with Crippen LogP contribution >= 0.6 is 22.6 Å². The molecular formula is C16H13IO3. The largest absolute Gasteiger partial charge is 0.504 e. The zero-order valence-electron chi connectivity index (χ0n) is 10.8. The van der Waals surface area contributed by atoms with Crippen LogP contribution in [0.1, 0.15) is 15.9 Å². The fourth-order valence-electron chi connectivity index (χ4n) is 1.69. The maximum atomic E-state index is 12.0. The van der Waals surface area contributed by atoms with Gasteiger partial charge in [-0.15, -0.1) is 0 Å². The Labute approximate surface area is 131 Å². The molecule has 0 atom stereocenters. The number of methoxy groups -OCH3 is 1. The Kier molecular flexibility index (Phi) is 4.79. The second-order valence-electron chi connectivity index (χ2n) is 4.14. The molecule has 20 heavy (non-hydrogen) atoms. The number of aromatic hydroxyl groups is 1. The first-order valence-electron chi connectivity index (χ1n) is 5.95. The third-order valence-corrected chi connectivity index (χ3v) is 3.48. The first kappa shape index (κ1) is 14.6. The molecule has 0 aromatic heterocycles. The van der Waals surface area contributed by atoms with Gasteiger partial charge in [0.1, 0.15) is 0 Å². The fourth-order valence-corrected chi connectivity index (χ4v) is 2.05. The molecular weight excluding hydrogens is 367 g/mol. The van der Waals surface area contributed by atoms with E-state index in [4.69, 9.17) is 4.74 Å². The number of hydrogen-bond acceptors (Lipinski definition) is 3. The first-order valence-corrected chi connectivity index (χ1v) is 7.03. The van der Waals surface area contributed by atoms with Gasteiger partial charge in [-0.2, -0.15) is 0 Å². The lowest BCUT2D eigenvalue weighted by atomic mass is 10.1. The number of phenols is 1. The Morgan fingerprint density at radius 3 is 2.50 bits per heavy atom. The molecule has 4 heteroatoms. The van der Waals surface area contributed by atoms with Crippen molar-refractivity contribution in [2.75, 3.05) is 7.11 Å². The van der Waals surface area contributed by atoms with Crippen LogP contribution in [0.5, 0.6) is 11.5 Å². The van der Waals surface area contributed by atoms with E-state index in [1.165, 1.54) is 13.2 Å². The minimum Gasteiger partial charge on any atom is -0.504 e. The molecule has 102 valence electrons. The van der Waals surface area contributed by atoms with Crippen LogP contribution in [-0.4, -0.2) is 18.0 Å². The average molecular weight is 380 g/mol. The molecule has 0 saturated carbocycles. The van der Waals surface area contributed by atoms with Gasteiger partial charge in [0.25, 0.3) is 0 Å². The Bertz CT molecular complexity index is 645. The number of halogens is 1. The summed E-state index contributed by atoms with van der Waals surface area (Å²) in [5, 5.41) is 9.66. The summed E-state index contributed by atoms with van der Waals surface area (Å²) in [4.78, 5) is 12.0. The third kappa shape index (κ3) is 3.60. The molecule has 0 aliphatic rings. The summed E-state index contributed by atoms with van der Waals surface area (Å²) >= 11 is 2.19. The fraction of sp³-hybridized carbons (Fsp3) is 0.0625. The molecule has 0 fully saturated rings. The van der Waals surface area contributed by atoms with Crippen LogP contribution in [-0.2, 0) is 0 Å². The van der Waals surface area contributed by atoms with Crippen molar-refractivity contribution in [3.05, 3.63) is 63.2 Å². The van der Waals surface area contributed by atoms with Crippen molar-refractivity contribution in [3.63, 3.8) is 0 Å². The second-order valence-corrected chi connectivity index (χ2v) is 5.38. The molecule has 3 nitrogen and oxygen atoms in total. The maximum Gasteiger partial charge on any atom is 0.185 e. The van der Waals surface area contributed by atoms with E-state index in [-0.39, 0.29) is 11.5 Å². The van der Waals surface area contributed by atoms with Crippen molar-refractivity contribution in [1.29, 1.82) is 0 Å². The quantitative estimate of drug-likeness (QED) is 0.497. The van der Waals surface area contributed by atoms with Crippen LogP contribution in [0.3, 0.4) is 0 Å². The Morgan fingerprint density at radius 1 is 1.20 bits per heavy atom. The van der Waals surface area contributed by atoms with E-state index in [0.29, 0.717) is 11.3 Å². The zero-order valence-corrected chi connectivity index (χ0v) is 13.0. The summed E-state index contributed by atoms with van der Waals surface area (Å²) < 4.78 is 6.05. The number of hydrogen-bond donors (Lipinski definition) is 1. The van der Waals surface area contributed by atoms with Crippen LogP contribution in [0, 0.1) is 3.57 Å². The normalized spacial score (nSPS) is 10.7. The van der Waals surface area contributed by atoms with Crippen LogP contribution in [0.2, 0.25) is 0 Å². The number of benzene rings is 2. The van der Waals surface area contributed by atoms with Gasteiger partial charge in [0.05, 0.1) is 7.11 Å². The van der Waals surface area contributed by atoms with Gasteiger partial charge in [0.2, 0.25) is 0 Å². The molecule has 2 aromatic rings. The number of rotatable bonds is 4. The molecule has 0 aliphatic carbocycles. The summed E-state index contributed by atoms with van der Waals surface area (Å²) in [6.07, 6.45) is 3.16. The van der Waals surface area contributed by atoms with Crippen molar-refractivity contribution >= 4 is 34.5 Å². The number of allylic oxidation sites excluding steroid dienone is 1. The highest BCUT2D eigenvalue weighted by atomic mass is 127. The van der Waals surface area contributed by atoms with Crippen molar-refractivity contribution < 1.29 is 14.6 Å². The van der Waals surface area contributed by atoms with Gasteiger partial charge in [-0.3, -0.25) is 4.79 Å². The van der Waals surface area contributed by atoms with E-state index in [1.54, 1.807) is 36.4 Å². The molecule has 0 radical (unpaired) electrons. The van der Waals surface area contributed by atoms with Crippen molar-refractivity contribution in [2.24, 2.45) is 0 Å². The van der Waals surface area contributed by atoms with Crippen molar-refractivity contribution in [1.82, 2.24) is 0 Å². The number of ether oxygens (including phenoxy) is 1. The lowest BCUT2D eigenvalue weighted by Gasteiger charge is -2.03. The molecule has 1 N–H and O–H groups in total. The summed E-state index contributed by atoms with van der Waals surface area (Å²) in [7, 11) is 1.49. The molecule has 0 aliphatic heterocycles. The predicted molar refractivity (Wildman–Crippen MR) is 87.2 cm³/mol. The SMILES string of the molecule is COc1ccc(/C=C/C(=O)c2ccc(I)cc2)cc1O. The van der Waals surface area contributed by atoms with Gasteiger partial charge in [-0.05, 0) is 58.5 Å². The smallest absolute Gasteiger partial charge is 0.185 e. The molecule has 0 amide bonds. The molecule has 0 spiro atoms. The maximum absolute atomic E-state index is 12.0. The summed E-state index contributed by atoms with van der Waals surface area (Å²) in [5.74, 6) is 0.388. The van der Waals surface area contributed by atoms with E-state index < -0.39 is 0 Å². The summed E-state index contributed by atoms with van der Waals surface area (Å²) in [5.41, 5.74) is 1.38. The van der Waals surface area contributed by atoms with Gasteiger partial charge in [0, 0.05) is 9.13 Å². The van der Waals surface area contributed by atoms with E-state index >= 15 is 0 Å². The number of carbonyl (C=O) groups excluding carboxylic acids is 1. The molecule has 0 heterocycles. The number of ketones is 1. The Morgan fingerprint density at radius 2 is 1.90 bits per heavy atom. The average Bonchev–Trinajstić information content (AvgIpc) is 2.45. The van der Waals surface area contributed by atoms with Crippen LogP contribution in [0.15, 0.2) is 48.5 Å². The van der Waals surface area contributed by atoms with E-state index in [9.17, 15) is 9.90 Å². The van der Waals surface area contributed by atoms with Crippen LogP contribution < -0.4 is 4.74 Å². The molecule has 2 aromatic carbocycles. The Balaban J connectivity index is 2.14. The Hall–Kier alpha value is -1.82. The van der Waals surface area contributed by atoms with Crippen LogP contribution in [0.25, 0.3) is 6.08 Å². The van der Waals surface area contributed by atoms with Crippen LogP contribution in [0.4, 0.5) is 0 Å². The number of carbonyl (C=O) groups is 1. The van der Waals surface area contributed by atoms with Crippen molar-refractivity contribution in [3.8, 4) is 11.5 Å². The lowest BCUT2D eigenvalue weighted by Crippen LogP contribution is -1.93. The highest BCUT2D eigenvalue weighted by molar-refractivity contribution is 14.1. The highest BCUT2D eigenvalue weighted by Gasteiger charge is 2.03. The highest BCUT2D eigenvalue weighted by Crippen LogP contribution is 2.26. The van der Waals surface area contributed by atoms with Gasteiger partial charge in [-0.1, -0.05) is 24.3 Å². The van der Waals surface area contributed by atoms with Gasteiger partial charge in [-0.25, -0.2) is 0 Å². The summed E-state index contributed by atoms with van der Waals surface area (Å²) in [6.45, 7) is 0. The molecule has 0 saturated heterocycles. The molecule has 2 rings (SSSR count). The summed E-state index contributed by atoms with van der Waals surface area (Å²) in [6, 6.07) is 12.3. The molecule has 0 bridgehead atoms. The lowest BCUT2D eigenvalue weighted by molar-refractivity contribution is 0.104. The monoisotopic (exact) mass is 380 g/mol. The minimum absolute atomic E-state index is 0.0522. The van der Waals surface area contributed by atoms with E-state index in [1.807, 2.05) is 12.1 Å². The minimum atomic E-state index is -0.0725. The second kappa shape index (κ2) is 6.56. The van der Waals surface area contributed by atoms with E-state index in [2.05, 4.69) is 22.6 Å². The molecule has 0 unspecified atom stereocenters. The van der Waals surface area contributed by atoms with E-state index in [0.717, 1.165) is 9.13 Å². The first-order chi connectivity index (χ1) is 9.60. The predicted octanol–water partition coefficient (Wildman–Crippen LogP) is 3.90. The standard InChI is InChI=1S/C16H13IO3/c1-20-16-9-3-11(10-15(16)19)2-8-14(18)12-4-6-13(17)7-5-12/h2-10,19H,1H3/b8-2+.